The monoisotopic (exact) mass is 284 g/mol. The van der Waals surface area contributed by atoms with E-state index in [2.05, 4.69) is 15.9 Å². The first-order valence-electron chi connectivity index (χ1n) is 3.81. The standard InChI is InChI=1S/C9H8BrClF2O/c1-8(14,9(10,12)13)6-4-2-3-5-7(6)11/h2-5,14H,1H3. The Hall–Kier alpha value is -0.190. The van der Waals surface area contributed by atoms with Gasteiger partial charge in [-0.05, 0) is 28.9 Å². The van der Waals surface area contributed by atoms with Crippen molar-refractivity contribution in [2.24, 2.45) is 0 Å². The first-order chi connectivity index (χ1) is 6.27. The van der Waals surface area contributed by atoms with E-state index >= 15 is 0 Å². The van der Waals surface area contributed by atoms with E-state index < -0.39 is 10.4 Å². The third-order valence-corrected chi connectivity index (χ3v) is 3.05. The second-order valence-corrected chi connectivity index (χ2v) is 4.45. The topological polar surface area (TPSA) is 20.2 Å². The van der Waals surface area contributed by atoms with Crippen molar-refractivity contribution in [2.75, 3.05) is 0 Å². The van der Waals surface area contributed by atoms with Crippen molar-refractivity contribution in [3.63, 3.8) is 0 Å². The second-order valence-electron chi connectivity index (χ2n) is 3.05. The summed E-state index contributed by atoms with van der Waals surface area (Å²) in [4.78, 5) is -3.43. The zero-order chi connectivity index (χ0) is 11.0. The van der Waals surface area contributed by atoms with Gasteiger partial charge in [0.1, 0.15) is 0 Å². The Labute approximate surface area is 93.8 Å². The Balaban J connectivity index is 3.23. The third-order valence-electron chi connectivity index (χ3n) is 1.95. The van der Waals surface area contributed by atoms with Crippen LogP contribution in [0.15, 0.2) is 24.3 Å². The minimum atomic E-state index is -3.43. The fraction of sp³-hybridized carbons (Fsp3) is 0.333. The van der Waals surface area contributed by atoms with Crippen molar-refractivity contribution >= 4 is 27.5 Å². The van der Waals surface area contributed by atoms with Crippen LogP contribution in [0.4, 0.5) is 8.78 Å². The number of alkyl halides is 3. The minimum absolute atomic E-state index is 0.0106. The quantitative estimate of drug-likeness (QED) is 0.824. The Bertz CT molecular complexity index is 336. The molecular formula is C9H8BrClF2O. The average Bonchev–Trinajstić information content (AvgIpc) is 2.02. The first-order valence-corrected chi connectivity index (χ1v) is 4.98. The van der Waals surface area contributed by atoms with Crippen LogP contribution in [0.1, 0.15) is 12.5 Å². The van der Waals surface area contributed by atoms with E-state index in [1.165, 1.54) is 18.2 Å². The van der Waals surface area contributed by atoms with Crippen LogP contribution in [0, 0.1) is 0 Å². The number of halogens is 4. The molecule has 1 aromatic rings. The van der Waals surface area contributed by atoms with Crippen LogP contribution in [0.2, 0.25) is 5.02 Å². The smallest absolute Gasteiger partial charge is 0.333 e. The van der Waals surface area contributed by atoms with E-state index in [4.69, 9.17) is 11.6 Å². The molecule has 1 N–H and O–H groups in total. The Kier molecular flexibility index (Phi) is 3.19. The van der Waals surface area contributed by atoms with Crippen LogP contribution >= 0.6 is 27.5 Å². The van der Waals surface area contributed by atoms with Gasteiger partial charge < -0.3 is 5.11 Å². The highest BCUT2D eigenvalue weighted by molar-refractivity contribution is 9.10. The van der Waals surface area contributed by atoms with Crippen molar-refractivity contribution in [1.82, 2.24) is 0 Å². The fourth-order valence-electron chi connectivity index (χ4n) is 1.01. The Morgan fingerprint density at radius 1 is 1.36 bits per heavy atom. The van der Waals surface area contributed by atoms with Crippen LogP contribution in [0.25, 0.3) is 0 Å². The van der Waals surface area contributed by atoms with Crippen LogP contribution in [0.3, 0.4) is 0 Å². The Morgan fingerprint density at radius 3 is 2.29 bits per heavy atom. The summed E-state index contributed by atoms with van der Waals surface area (Å²) in [6, 6.07) is 5.95. The molecule has 1 rings (SSSR count). The zero-order valence-corrected chi connectivity index (χ0v) is 9.61. The maximum Gasteiger partial charge on any atom is 0.333 e. The molecular weight excluding hydrogens is 277 g/mol. The summed E-state index contributed by atoms with van der Waals surface area (Å²) in [5, 5.41) is 9.73. The lowest BCUT2D eigenvalue weighted by Gasteiger charge is -2.29. The zero-order valence-electron chi connectivity index (χ0n) is 7.27. The number of aliphatic hydroxyl groups is 1. The van der Waals surface area contributed by atoms with Crippen LogP contribution in [0.5, 0.6) is 0 Å². The lowest BCUT2D eigenvalue weighted by Crippen LogP contribution is -2.38. The van der Waals surface area contributed by atoms with Crippen molar-refractivity contribution in [3.8, 4) is 0 Å². The van der Waals surface area contributed by atoms with Gasteiger partial charge in [0, 0.05) is 10.6 Å². The van der Waals surface area contributed by atoms with E-state index in [0.717, 1.165) is 6.92 Å². The summed E-state index contributed by atoms with van der Waals surface area (Å²) in [5.41, 5.74) is -2.34. The van der Waals surface area contributed by atoms with E-state index in [9.17, 15) is 13.9 Å². The van der Waals surface area contributed by atoms with Gasteiger partial charge in [0.15, 0.2) is 5.60 Å². The molecule has 0 heterocycles. The molecule has 0 aliphatic carbocycles. The van der Waals surface area contributed by atoms with Gasteiger partial charge in [-0.15, -0.1) is 0 Å². The maximum atomic E-state index is 13.0. The average molecular weight is 286 g/mol. The third kappa shape index (κ3) is 2.07. The van der Waals surface area contributed by atoms with Crippen LogP contribution in [-0.4, -0.2) is 9.94 Å². The highest BCUT2D eigenvalue weighted by atomic mass is 79.9. The van der Waals surface area contributed by atoms with Gasteiger partial charge in [0.05, 0.1) is 0 Å². The van der Waals surface area contributed by atoms with Crippen LogP contribution < -0.4 is 0 Å². The molecule has 0 fully saturated rings. The minimum Gasteiger partial charge on any atom is -0.378 e. The summed E-state index contributed by atoms with van der Waals surface area (Å²) in [5.74, 6) is 0. The molecule has 0 spiro atoms. The molecule has 0 saturated heterocycles. The highest BCUT2D eigenvalue weighted by Crippen LogP contribution is 2.43. The van der Waals surface area contributed by atoms with E-state index in [1.54, 1.807) is 6.07 Å². The number of rotatable bonds is 2. The van der Waals surface area contributed by atoms with E-state index in [1.807, 2.05) is 0 Å². The first kappa shape index (κ1) is 11.9. The van der Waals surface area contributed by atoms with Gasteiger partial charge in [-0.3, -0.25) is 0 Å². The van der Waals surface area contributed by atoms with Crippen molar-refractivity contribution < 1.29 is 13.9 Å². The number of benzene rings is 1. The molecule has 5 heteroatoms. The van der Waals surface area contributed by atoms with Gasteiger partial charge in [-0.1, -0.05) is 29.8 Å². The predicted molar refractivity (Wildman–Crippen MR) is 54.9 cm³/mol. The van der Waals surface area contributed by atoms with E-state index in [0.29, 0.717) is 0 Å². The molecule has 0 saturated carbocycles. The van der Waals surface area contributed by atoms with Crippen molar-refractivity contribution in [3.05, 3.63) is 34.9 Å². The summed E-state index contributed by atoms with van der Waals surface area (Å²) >= 11 is 7.83. The Morgan fingerprint density at radius 2 is 1.86 bits per heavy atom. The largest absolute Gasteiger partial charge is 0.378 e. The van der Waals surface area contributed by atoms with Gasteiger partial charge >= 0.3 is 4.83 Å². The van der Waals surface area contributed by atoms with Gasteiger partial charge in [0.25, 0.3) is 0 Å². The van der Waals surface area contributed by atoms with E-state index in [-0.39, 0.29) is 10.6 Å². The predicted octanol–water partition coefficient (Wildman–Crippen LogP) is 3.54. The lowest BCUT2D eigenvalue weighted by molar-refractivity contribution is -0.109. The van der Waals surface area contributed by atoms with Crippen LogP contribution in [-0.2, 0) is 5.60 Å². The van der Waals surface area contributed by atoms with Gasteiger partial charge in [0.2, 0.25) is 0 Å². The SMILES string of the molecule is CC(O)(c1ccccc1Cl)C(F)(F)Br. The summed E-state index contributed by atoms with van der Waals surface area (Å²) < 4.78 is 25.9. The highest BCUT2D eigenvalue weighted by Gasteiger charge is 2.48. The summed E-state index contributed by atoms with van der Waals surface area (Å²) in [7, 11) is 0. The lowest BCUT2D eigenvalue weighted by atomic mass is 9.96. The second kappa shape index (κ2) is 3.76. The van der Waals surface area contributed by atoms with Gasteiger partial charge in [-0.25, -0.2) is 0 Å². The molecule has 1 nitrogen and oxygen atoms in total. The molecule has 0 aliphatic heterocycles. The molecule has 0 radical (unpaired) electrons. The number of hydrogen-bond acceptors (Lipinski definition) is 1. The molecule has 0 amide bonds. The van der Waals surface area contributed by atoms with Gasteiger partial charge in [-0.2, -0.15) is 8.78 Å². The maximum absolute atomic E-state index is 13.0. The summed E-state index contributed by atoms with van der Waals surface area (Å²) in [6.45, 7) is 1.00. The molecule has 0 bridgehead atoms. The molecule has 0 aliphatic rings. The summed E-state index contributed by atoms with van der Waals surface area (Å²) in [6.07, 6.45) is 0. The molecule has 1 unspecified atom stereocenters. The number of hydrogen-bond donors (Lipinski definition) is 1. The normalized spacial score (nSPS) is 16.4. The molecule has 14 heavy (non-hydrogen) atoms. The molecule has 1 aromatic carbocycles. The van der Waals surface area contributed by atoms with Crippen molar-refractivity contribution in [2.45, 2.75) is 17.4 Å². The molecule has 1 atom stereocenters. The fourth-order valence-corrected chi connectivity index (χ4v) is 1.54. The molecule has 78 valence electrons. The van der Waals surface area contributed by atoms with Crippen molar-refractivity contribution in [1.29, 1.82) is 0 Å². The molecule has 0 aromatic heterocycles.